The Morgan fingerprint density at radius 2 is 1.76 bits per heavy atom. The summed E-state index contributed by atoms with van der Waals surface area (Å²) >= 11 is 0. The summed E-state index contributed by atoms with van der Waals surface area (Å²) in [5.41, 5.74) is 7.74. The Balaban J connectivity index is 1.87. The van der Waals surface area contributed by atoms with Gasteiger partial charge in [0.15, 0.2) is 17.4 Å². The molecule has 2 N–H and O–H groups in total. The molecule has 0 bridgehead atoms. The van der Waals surface area contributed by atoms with Gasteiger partial charge in [0.2, 0.25) is 0 Å². The molecule has 4 aromatic rings. The lowest BCUT2D eigenvalue weighted by Gasteiger charge is -2.15. The van der Waals surface area contributed by atoms with Crippen molar-refractivity contribution in [3.05, 3.63) is 72.1 Å². The van der Waals surface area contributed by atoms with Crippen LogP contribution in [-0.4, -0.2) is 49.1 Å². The molecule has 200 valence electrons. The summed E-state index contributed by atoms with van der Waals surface area (Å²) in [7, 11) is 2.07. The lowest BCUT2D eigenvalue weighted by molar-refractivity contribution is 0.0828. The number of nitrogen functional groups attached to an aromatic ring is 1. The van der Waals surface area contributed by atoms with Gasteiger partial charge < -0.3 is 24.7 Å². The second-order valence-corrected chi connectivity index (χ2v) is 16.2. The zero-order valence-corrected chi connectivity index (χ0v) is 23.2. The van der Waals surface area contributed by atoms with Gasteiger partial charge in [0.25, 0.3) is 5.91 Å². The fraction of sp³-hybridized carbons (Fsp3) is 0.286. The van der Waals surface area contributed by atoms with Crippen molar-refractivity contribution in [1.82, 2.24) is 14.5 Å². The van der Waals surface area contributed by atoms with Gasteiger partial charge in [-0.1, -0.05) is 37.8 Å². The van der Waals surface area contributed by atoms with Crippen molar-refractivity contribution in [2.45, 2.75) is 32.4 Å². The summed E-state index contributed by atoms with van der Waals surface area (Å²) in [6, 6.07) is 11.7. The van der Waals surface area contributed by atoms with Crippen LogP contribution in [0.25, 0.3) is 22.2 Å². The topological polar surface area (TPSA) is 82.6 Å². The molecule has 2 aromatic heterocycles. The predicted molar refractivity (Wildman–Crippen MR) is 148 cm³/mol. The standard InChI is InChI=1S/C28H32F2N4O3Si/c1-33(2)28(35)20-9-7-6-8-19(20)21-16-34(17-36-12-13-38(3,4)5)27-25(21)24(10-11-32-27)37-26-22(29)14-18(31)15-23(26)30/h6-11,14-16H,12-13,17,31H2,1-5H3. The fourth-order valence-corrected chi connectivity index (χ4v) is 4.80. The van der Waals surface area contributed by atoms with Crippen molar-refractivity contribution in [3.63, 3.8) is 0 Å². The van der Waals surface area contributed by atoms with Gasteiger partial charge in [0, 0.05) is 70.1 Å². The quantitative estimate of drug-likeness (QED) is 0.152. The van der Waals surface area contributed by atoms with Crippen LogP contribution in [0.4, 0.5) is 14.5 Å². The monoisotopic (exact) mass is 538 g/mol. The first-order valence-electron chi connectivity index (χ1n) is 12.3. The Labute approximate surface area is 221 Å². The van der Waals surface area contributed by atoms with Gasteiger partial charge in [-0.2, -0.15) is 0 Å². The Hall–Kier alpha value is -3.76. The maximum absolute atomic E-state index is 14.7. The lowest BCUT2D eigenvalue weighted by atomic mass is 9.98. The molecular formula is C28H32F2N4O3Si. The third kappa shape index (κ3) is 5.86. The van der Waals surface area contributed by atoms with Crippen molar-refractivity contribution in [3.8, 4) is 22.6 Å². The second-order valence-electron chi connectivity index (χ2n) is 10.5. The number of benzene rings is 2. The lowest BCUT2D eigenvalue weighted by Crippen LogP contribution is -2.22. The van der Waals surface area contributed by atoms with Crippen molar-refractivity contribution >= 4 is 30.7 Å². The zero-order valence-electron chi connectivity index (χ0n) is 22.2. The molecule has 2 heterocycles. The van der Waals surface area contributed by atoms with Crippen molar-refractivity contribution in [2.75, 3.05) is 26.4 Å². The number of rotatable bonds is 9. The van der Waals surface area contributed by atoms with Crippen molar-refractivity contribution in [1.29, 1.82) is 0 Å². The number of nitrogens with two attached hydrogens (primary N) is 1. The molecule has 0 aliphatic rings. The molecule has 0 saturated heterocycles. The number of anilines is 1. The van der Waals surface area contributed by atoms with Crippen molar-refractivity contribution in [2.24, 2.45) is 0 Å². The van der Waals surface area contributed by atoms with Gasteiger partial charge >= 0.3 is 0 Å². The van der Waals surface area contributed by atoms with E-state index in [1.54, 1.807) is 26.2 Å². The number of hydrogen-bond acceptors (Lipinski definition) is 5. The van der Waals surface area contributed by atoms with E-state index in [-0.39, 0.29) is 24.1 Å². The van der Waals surface area contributed by atoms with Crippen LogP contribution in [0.3, 0.4) is 0 Å². The van der Waals surface area contributed by atoms with Crippen LogP contribution in [0.1, 0.15) is 10.4 Å². The Bertz CT molecular complexity index is 1460. The maximum Gasteiger partial charge on any atom is 0.253 e. The summed E-state index contributed by atoms with van der Waals surface area (Å²) < 4.78 is 42.9. The molecule has 2 aromatic carbocycles. The van der Waals surface area contributed by atoms with Gasteiger partial charge in [-0.25, -0.2) is 13.8 Å². The highest BCUT2D eigenvalue weighted by Crippen LogP contribution is 2.40. The molecule has 0 aliphatic heterocycles. The summed E-state index contributed by atoms with van der Waals surface area (Å²) in [4.78, 5) is 19.1. The van der Waals surface area contributed by atoms with Crippen LogP contribution in [0.2, 0.25) is 25.7 Å². The first-order chi connectivity index (χ1) is 18.0. The number of hydrogen-bond donors (Lipinski definition) is 1. The third-order valence-electron chi connectivity index (χ3n) is 6.03. The molecule has 0 radical (unpaired) electrons. The minimum Gasteiger partial charge on any atom is -0.450 e. The first kappa shape index (κ1) is 27.3. The highest BCUT2D eigenvalue weighted by atomic mass is 28.3. The zero-order chi connectivity index (χ0) is 27.6. The second kappa shape index (κ2) is 10.9. The van der Waals surface area contributed by atoms with E-state index in [1.807, 2.05) is 22.9 Å². The smallest absolute Gasteiger partial charge is 0.253 e. The fourth-order valence-electron chi connectivity index (χ4n) is 4.05. The Kier molecular flexibility index (Phi) is 7.84. The number of fused-ring (bicyclic) bond motifs is 1. The van der Waals surface area contributed by atoms with Gasteiger partial charge in [0.1, 0.15) is 18.1 Å². The van der Waals surface area contributed by atoms with Crippen LogP contribution >= 0.6 is 0 Å². The number of carbonyl (C=O) groups excluding carboxylic acids is 1. The molecule has 1 amide bonds. The number of nitrogens with zero attached hydrogens (tertiary/aromatic N) is 3. The third-order valence-corrected chi connectivity index (χ3v) is 7.74. The van der Waals surface area contributed by atoms with Gasteiger partial charge in [-0.15, -0.1) is 0 Å². The van der Waals surface area contributed by atoms with E-state index in [0.29, 0.717) is 34.3 Å². The van der Waals surface area contributed by atoms with Gasteiger partial charge in [-0.3, -0.25) is 4.79 Å². The molecule has 10 heteroatoms. The van der Waals surface area contributed by atoms with E-state index in [1.165, 1.54) is 17.2 Å². The van der Waals surface area contributed by atoms with Gasteiger partial charge in [0.05, 0.1) is 5.39 Å². The molecule has 0 atom stereocenters. The number of halogens is 2. The SMILES string of the molecule is CN(C)C(=O)c1ccccc1-c1cn(COCC[Si](C)(C)C)c2nccc(Oc3c(F)cc(N)cc3F)c12. The molecule has 4 rings (SSSR count). The first-order valence-corrected chi connectivity index (χ1v) is 16.0. The van der Waals surface area contributed by atoms with E-state index >= 15 is 0 Å². The molecule has 0 saturated carbocycles. The molecule has 0 unspecified atom stereocenters. The summed E-state index contributed by atoms with van der Waals surface area (Å²) in [5.74, 6) is -2.43. The number of pyridine rings is 1. The highest BCUT2D eigenvalue weighted by Gasteiger charge is 2.23. The van der Waals surface area contributed by atoms with E-state index in [2.05, 4.69) is 24.6 Å². The molecular weight excluding hydrogens is 506 g/mol. The largest absolute Gasteiger partial charge is 0.450 e. The van der Waals surface area contributed by atoms with Crippen LogP contribution in [0, 0.1) is 11.6 Å². The van der Waals surface area contributed by atoms with Crippen LogP contribution < -0.4 is 10.5 Å². The average molecular weight is 539 g/mol. The molecule has 7 nitrogen and oxygen atoms in total. The molecule has 0 fully saturated rings. The average Bonchev–Trinajstić information content (AvgIpc) is 3.22. The van der Waals surface area contributed by atoms with Gasteiger partial charge in [-0.05, 0) is 23.7 Å². The summed E-state index contributed by atoms with van der Waals surface area (Å²) in [5, 5.41) is 0.496. The van der Waals surface area contributed by atoms with Crippen molar-refractivity contribution < 1.29 is 23.0 Å². The number of aromatic nitrogens is 2. The normalized spacial score (nSPS) is 11.7. The number of carbonyl (C=O) groups is 1. The van der Waals surface area contributed by atoms with Crippen LogP contribution in [-0.2, 0) is 11.5 Å². The predicted octanol–water partition coefficient (Wildman–Crippen LogP) is 6.37. The highest BCUT2D eigenvalue weighted by molar-refractivity contribution is 6.76. The van der Waals surface area contributed by atoms with E-state index < -0.39 is 25.5 Å². The maximum atomic E-state index is 14.7. The molecule has 0 aliphatic carbocycles. The summed E-state index contributed by atoms with van der Waals surface area (Å²) in [6.07, 6.45) is 3.33. The van der Waals surface area contributed by atoms with E-state index in [4.69, 9.17) is 15.2 Å². The Morgan fingerprint density at radius 1 is 1.08 bits per heavy atom. The Morgan fingerprint density at radius 3 is 2.42 bits per heavy atom. The molecule has 38 heavy (non-hydrogen) atoms. The van der Waals surface area contributed by atoms with Crippen LogP contribution in [0.5, 0.6) is 11.5 Å². The number of amides is 1. The number of ether oxygens (including phenoxy) is 2. The molecule has 0 spiro atoms. The van der Waals surface area contributed by atoms with E-state index in [0.717, 1.165) is 18.2 Å². The minimum absolute atomic E-state index is 0.0503. The van der Waals surface area contributed by atoms with E-state index in [9.17, 15) is 13.6 Å². The minimum atomic E-state index is -1.29. The van der Waals surface area contributed by atoms with Crippen LogP contribution in [0.15, 0.2) is 54.9 Å². The summed E-state index contributed by atoms with van der Waals surface area (Å²) in [6.45, 7) is 7.64.